The number of likely N-dealkylation sites (tertiary alicyclic amines) is 1. The zero-order valence-corrected chi connectivity index (χ0v) is 26.0. The van der Waals surface area contributed by atoms with E-state index in [4.69, 9.17) is 9.47 Å². The van der Waals surface area contributed by atoms with E-state index in [0.29, 0.717) is 32.1 Å². The Morgan fingerprint density at radius 1 is 1.11 bits per heavy atom. The number of esters is 1. The van der Waals surface area contributed by atoms with E-state index in [-0.39, 0.29) is 31.6 Å². The fraction of sp³-hybridized carbons (Fsp3) is 0.472. The van der Waals surface area contributed by atoms with Crippen LogP contribution in [0.3, 0.4) is 0 Å². The monoisotopic (exact) mass is 600 g/mol. The predicted molar refractivity (Wildman–Crippen MR) is 169 cm³/mol. The number of aliphatic hydroxyl groups excluding tert-OH is 1. The number of benzene rings is 2. The SMILES string of the molecule is C=CCCOC(=O)[C@@H]1[C@H]2C(=O)N([C@@H](CO)Cc3ccccc3)C(C(=O)N(CC=C)c3c(C)cccc3C)C23CC[C@@]1(CC)O3. The van der Waals surface area contributed by atoms with Crippen LogP contribution in [0.4, 0.5) is 5.69 Å². The highest BCUT2D eigenvalue weighted by Crippen LogP contribution is 2.65. The number of para-hydroxylation sites is 1. The highest BCUT2D eigenvalue weighted by molar-refractivity contribution is 6.05. The zero-order valence-electron chi connectivity index (χ0n) is 26.0. The lowest BCUT2D eigenvalue weighted by molar-refractivity contribution is -0.162. The summed E-state index contributed by atoms with van der Waals surface area (Å²) in [4.78, 5) is 46.8. The van der Waals surface area contributed by atoms with Gasteiger partial charge in [-0.2, -0.15) is 0 Å². The molecule has 2 bridgehead atoms. The van der Waals surface area contributed by atoms with Gasteiger partial charge in [-0.15, -0.1) is 13.2 Å². The number of fused-ring (bicyclic) bond motifs is 1. The number of nitrogens with zero attached hydrogens (tertiary/aromatic N) is 2. The van der Waals surface area contributed by atoms with Crippen molar-refractivity contribution < 1.29 is 29.0 Å². The smallest absolute Gasteiger partial charge is 0.312 e. The van der Waals surface area contributed by atoms with Gasteiger partial charge < -0.3 is 24.4 Å². The summed E-state index contributed by atoms with van der Waals surface area (Å²) in [5.41, 5.74) is 1.36. The third-order valence-corrected chi connectivity index (χ3v) is 9.88. The molecule has 8 nitrogen and oxygen atoms in total. The number of rotatable bonds is 13. The molecule has 3 fully saturated rings. The van der Waals surface area contributed by atoms with E-state index < -0.39 is 41.1 Å². The van der Waals surface area contributed by atoms with E-state index in [9.17, 15) is 14.7 Å². The van der Waals surface area contributed by atoms with Gasteiger partial charge in [0.05, 0.1) is 30.8 Å². The van der Waals surface area contributed by atoms with E-state index in [1.54, 1.807) is 22.0 Å². The molecule has 1 N–H and O–H groups in total. The van der Waals surface area contributed by atoms with Crippen LogP contribution >= 0.6 is 0 Å². The van der Waals surface area contributed by atoms with Gasteiger partial charge in [-0.1, -0.05) is 67.6 Å². The second-order valence-corrected chi connectivity index (χ2v) is 12.3. The van der Waals surface area contributed by atoms with Gasteiger partial charge in [0.2, 0.25) is 5.91 Å². The van der Waals surface area contributed by atoms with Gasteiger partial charge in [0.1, 0.15) is 17.6 Å². The van der Waals surface area contributed by atoms with Crippen molar-refractivity contribution in [3.8, 4) is 0 Å². The molecule has 2 aromatic carbocycles. The van der Waals surface area contributed by atoms with Gasteiger partial charge in [0, 0.05) is 12.2 Å². The highest BCUT2D eigenvalue weighted by atomic mass is 16.6. The number of hydrogen-bond donors (Lipinski definition) is 1. The first kappa shape index (κ1) is 31.7. The van der Waals surface area contributed by atoms with Crippen LogP contribution in [0.15, 0.2) is 73.8 Å². The zero-order chi connectivity index (χ0) is 31.6. The molecule has 0 aliphatic carbocycles. The van der Waals surface area contributed by atoms with Crippen LogP contribution in [0.1, 0.15) is 49.3 Å². The maximum Gasteiger partial charge on any atom is 0.312 e. The van der Waals surface area contributed by atoms with Crippen molar-refractivity contribution in [3.05, 3.63) is 90.5 Å². The van der Waals surface area contributed by atoms with E-state index in [2.05, 4.69) is 13.2 Å². The van der Waals surface area contributed by atoms with Crippen molar-refractivity contribution in [1.82, 2.24) is 4.90 Å². The number of hydrogen-bond acceptors (Lipinski definition) is 6. The Balaban J connectivity index is 1.65. The highest BCUT2D eigenvalue weighted by Gasteiger charge is 2.79. The largest absolute Gasteiger partial charge is 0.465 e. The third kappa shape index (κ3) is 5.08. The summed E-state index contributed by atoms with van der Waals surface area (Å²) in [5, 5.41) is 10.8. The summed E-state index contributed by atoms with van der Waals surface area (Å²) in [6.07, 6.45) is 5.66. The number of amides is 2. The first-order valence-corrected chi connectivity index (χ1v) is 15.6. The normalized spacial score (nSPS) is 27.6. The fourth-order valence-electron chi connectivity index (χ4n) is 7.96. The van der Waals surface area contributed by atoms with E-state index in [0.717, 1.165) is 22.4 Å². The Labute approximate surface area is 260 Å². The average Bonchev–Trinajstić information content (AvgIpc) is 3.63. The number of aliphatic hydroxyl groups is 1. The molecule has 8 heteroatoms. The molecule has 3 aliphatic heterocycles. The summed E-state index contributed by atoms with van der Waals surface area (Å²) >= 11 is 0. The first-order valence-electron chi connectivity index (χ1n) is 15.6. The molecule has 0 radical (unpaired) electrons. The Kier molecular flexibility index (Phi) is 9.14. The van der Waals surface area contributed by atoms with Crippen LogP contribution in [0.25, 0.3) is 0 Å². The number of aryl methyl sites for hydroxylation is 2. The number of carbonyl (C=O) groups is 3. The summed E-state index contributed by atoms with van der Waals surface area (Å²) in [7, 11) is 0. The molecule has 1 spiro atoms. The lowest BCUT2D eigenvalue weighted by atomic mass is 9.65. The summed E-state index contributed by atoms with van der Waals surface area (Å²) in [6.45, 7) is 13.5. The summed E-state index contributed by atoms with van der Waals surface area (Å²) in [6, 6.07) is 13.7. The molecule has 0 saturated carbocycles. The second-order valence-electron chi connectivity index (χ2n) is 12.3. The fourth-order valence-corrected chi connectivity index (χ4v) is 7.96. The van der Waals surface area contributed by atoms with Crippen molar-refractivity contribution in [3.63, 3.8) is 0 Å². The standard InChI is InChI=1S/C36H44N2O6/c1-6-9-21-43-34(42)29-28-32(40)38(27(23-39)22-26-16-11-10-12-17-26)31(36(28)19-18-35(29,8-3)44-36)33(41)37(20-7-2)30-24(4)14-13-15-25(30)5/h6-7,10-17,27-29,31,39H,1-2,8-9,18-23H2,3-5H3/t27-,28+,29+,31?,35-,36?/m1/s1. The number of anilines is 1. The van der Waals surface area contributed by atoms with Crippen molar-refractivity contribution >= 4 is 23.5 Å². The van der Waals surface area contributed by atoms with Gasteiger partial charge in [0.25, 0.3) is 5.91 Å². The number of carbonyl (C=O) groups excluding carboxylic acids is 3. The summed E-state index contributed by atoms with van der Waals surface area (Å²) in [5.74, 6) is -2.91. The van der Waals surface area contributed by atoms with Gasteiger partial charge in [0.15, 0.2) is 0 Å². The molecule has 5 rings (SSSR count). The summed E-state index contributed by atoms with van der Waals surface area (Å²) < 4.78 is 12.6. The maximum absolute atomic E-state index is 15.1. The van der Waals surface area contributed by atoms with Crippen LogP contribution in [0.5, 0.6) is 0 Å². The van der Waals surface area contributed by atoms with E-state index in [1.807, 2.05) is 69.3 Å². The maximum atomic E-state index is 15.1. The number of ether oxygens (including phenoxy) is 2. The lowest BCUT2D eigenvalue weighted by Crippen LogP contribution is -2.59. The second kappa shape index (κ2) is 12.7. The average molecular weight is 601 g/mol. The minimum absolute atomic E-state index is 0.158. The molecule has 44 heavy (non-hydrogen) atoms. The molecule has 3 aliphatic rings. The molecular formula is C36H44N2O6. The first-order chi connectivity index (χ1) is 21.2. The Hall–Kier alpha value is -3.75. The van der Waals surface area contributed by atoms with Crippen molar-refractivity contribution in [2.45, 2.75) is 76.2 Å². The van der Waals surface area contributed by atoms with Crippen LogP contribution in [-0.2, 0) is 30.3 Å². The minimum Gasteiger partial charge on any atom is -0.465 e. The molecule has 234 valence electrons. The molecule has 0 aromatic heterocycles. The van der Waals surface area contributed by atoms with Crippen LogP contribution in [0, 0.1) is 25.7 Å². The van der Waals surface area contributed by atoms with Crippen molar-refractivity contribution in [1.29, 1.82) is 0 Å². The van der Waals surface area contributed by atoms with Crippen LogP contribution in [0.2, 0.25) is 0 Å². The molecule has 3 saturated heterocycles. The van der Waals surface area contributed by atoms with E-state index in [1.165, 1.54) is 0 Å². The Morgan fingerprint density at radius 3 is 2.43 bits per heavy atom. The van der Waals surface area contributed by atoms with Gasteiger partial charge in [-0.05, 0) is 62.6 Å². The van der Waals surface area contributed by atoms with Gasteiger partial charge in [-0.25, -0.2) is 0 Å². The molecule has 3 heterocycles. The minimum atomic E-state index is -1.24. The molecule has 2 amide bonds. The van der Waals surface area contributed by atoms with Gasteiger partial charge >= 0.3 is 5.97 Å². The molecular weight excluding hydrogens is 556 g/mol. The third-order valence-electron chi connectivity index (χ3n) is 9.88. The lowest BCUT2D eigenvalue weighted by Gasteiger charge is -2.40. The van der Waals surface area contributed by atoms with Gasteiger partial charge in [-0.3, -0.25) is 14.4 Å². The van der Waals surface area contributed by atoms with E-state index >= 15 is 4.79 Å². The van der Waals surface area contributed by atoms with Crippen molar-refractivity contribution in [2.24, 2.45) is 11.8 Å². The molecule has 2 aromatic rings. The Morgan fingerprint density at radius 2 is 1.82 bits per heavy atom. The molecule has 6 atom stereocenters. The van der Waals surface area contributed by atoms with Crippen LogP contribution in [-0.4, -0.2) is 70.8 Å². The van der Waals surface area contributed by atoms with Crippen LogP contribution < -0.4 is 4.90 Å². The predicted octanol–water partition coefficient (Wildman–Crippen LogP) is 4.70. The quantitative estimate of drug-likeness (QED) is 0.204. The Bertz CT molecular complexity index is 1400. The molecule has 2 unspecified atom stereocenters. The topological polar surface area (TPSA) is 96.4 Å². The van der Waals surface area contributed by atoms with Crippen molar-refractivity contribution in [2.75, 3.05) is 24.7 Å².